The third-order valence-corrected chi connectivity index (χ3v) is 6.31. The Hall–Kier alpha value is -3.17. The average Bonchev–Trinajstić information content (AvgIpc) is 3.30. The van der Waals surface area contributed by atoms with E-state index in [9.17, 15) is 14.9 Å². The van der Waals surface area contributed by atoms with E-state index >= 15 is 0 Å². The molecule has 156 valence electrons. The molecule has 3 aromatic rings. The van der Waals surface area contributed by atoms with Crippen LogP contribution in [-0.4, -0.2) is 27.9 Å². The lowest BCUT2D eigenvalue weighted by atomic mass is 10.1. The lowest BCUT2D eigenvalue weighted by Crippen LogP contribution is -2.23. The summed E-state index contributed by atoms with van der Waals surface area (Å²) in [4.78, 5) is 29.7. The normalized spacial score (nSPS) is 16.5. The molecule has 0 radical (unpaired) electrons. The van der Waals surface area contributed by atoms with Crippen molar-refractivity contribution in [3.05, 3.63) is 85.4 Å². The molecule has 0 N–H and O–H groups in total. The smallest absolute Gasteiger partial charge is 0.270 e. The molecule has 9 heteroatoms. The maximum Gasteiger partial charge on any atom is 0.270 e. The van der Waals surface area contributed by atoms with Crippen molar-refractivity contribution in [3.8, 4) is 11.3 Å². The maximum absolute atomic E-state index is 12.6. The molecule has 1 aliphatic heterocycles. The van der Waals surface area contributed by atoms with Crippen LogP contribution in [0.3, 0.4) is 0 Å². The zero-order chi connectivity index (χ0) is 22.1. The van der Waals surface area contributed by atoms with E-state index < -0.39 is 4.92 Å². The Morgan fingerprint density at radius 1 is 1.16 bits per heavy atom. The first-order valence-corrected chi connectivity index (χ1v) is 10.8. The van der Waals surface area contributed by atoms with Gasteiger partial charge in [0.25, 0.3) is 11.6 Å². The van der Waals surface area contributed by atoms with Gasteiger partial charge in [-0.3, -0.25) is 19.8 Å². The first-order valence-electron chi connectivity index (χ1n) is 9.19. The molecular formula is C22H16BrN3O4S. The quantitative estimate of drug-likeness (QED) is 0.244. The Labute approximate surface area is 190 Å². The highest BCUT2D eigenvalue weighted by Crippen LogP contribution is 2.36. The minimum Gasteiger partial charge on any atom is -0.457 e. The number of carbonyl (C=O) groups excluding carboxylic acids is 1. The Kier molecular flexibility index (Phi) is 5.79. The fourth-order valence-electron chi connectivity index (χ4n) is 2.90. The number of aryl methyl sites for hydroxylation is 1. The van der Waals surface area contributed by atoms with Crippen molar-refractivity contribution in [1.82, 2.24) is 4.90 Å². The van der Waals surface area contributed by atoms with E-state index in [1.807, 2.05) is 31.2 Å². The van der Waals surface area contributed by atoms with Gasteiger partial charge in [-0.2, -0.15) is 0 Å². The predicted octanol–water partition coefficient (Wildman–Crippen LogP) is 6.16. The molecule has 0 bridgehead atoms. The number of nitrogens with zero attached hydrogens (tertiary/aromatic N) is 3. The number of benzene rings is 2. The van der Waals surface area contributed by atoms with E-state index in [2.05, 4.69) is 20.9 Å². The second kappa shape index (κ2) is 8.52. The van der Waals surface area contributed by atoms with E-state index in [1.54, 1.807) is 31.3 Å². The third-order valence-electron chi connectivity index (χ3n) is 4.59. The number of carbonyl (C=O) groups is 1. The molecule has 1 aliphatic rings. The van der Waals surface area contributed by atoms with Gasteiger partial charge in [0, 0.05) is 35.3 Å². The summed E-state index contributed by atoms with van der Waals surface area (Å²) in [5, 5.41) is 11.5. The van der Waals surface area contributed by atoms with E-state index in [-0.39, 0.29) is 11.6 Å². The number of non-ortho nitro benzene ring substituents is 1. The highest BCUT2D eigenvalue weighted by atomic mass is 79.9. The van der Waals surface area contributed by atoms with E-state index in [0.29, 0.717) is 31.6 Å². The summed E-state index contributed by atoms with van der Waals surface area (Å²) in [7, 11) is 1.69. The summed E-state index contributed by atoms with van der Waals surface area (Å²) >= 11 is 4.63. The van der Waals surface area contributed by atoms with Crippen molar-refractivity contribution in [2.24, 2.45) is 4.99 Å². The monoisotopic (exact) mass is 497 g/mol. The molecule has 1 fully saturated rings. The van der Waals surface area contributed by atoms with Crippen LogP contribution in [0.5, 0.6) is 0 Å². The number of furan rings is 1. The van der Waals surface area contributed by atoms with E-state index in [0.717, 1.165) is 11.3 Å². The third kappa shape index (κ3) is 4.47. The molecule has 2 heterocycles. The topological polar surface area (TPSA) is 89.0 Å². The number of thioether (sulfide) groups is 1. The second-order valence-electron chi connectivity index (χ2n) is 6.83. The van der Waals surface area contributed by atoms with Gasteiger partial charge in [-0.1, -0.05) is 17.7 Å². The first-order chi connectivity index (χ1) is 14.8. The van der Waals surface area contributed by atoms with Gasteiger partial charge < -0.3 is 4.42 Å². The molecule has 1 aromatic heterocycles. The predicted molar refractivity (Wildman–Crippen MR) is 125 cm³/mol. The number of aliphatic imine (C=N–C) groups is 1. The molecule has 0 unspecified atom stereocenters. The minimum absolute atomic E-state index is 0.0131. The van der Waals surface area contributed by atoms with Crippen LogP contribution < -0.4 is 0 Å². The van der Waals surface area contributed by atoms with Crippen molar-refractivity contribution in [3.63, 3.8) is 0 Å². The van der Waals surface area contributed by atoms with Gasteiger partial charge in [-0.25, -0.2) is 4.99 Å². The highest BCUT2D eigenvalue weighted by Gasteiger charge is 2.30. The Morgan fingerprint density at radius 2 is 1.90 bits per heavy atom. The number of likely N-dealkylation sites (N-methyl/N-ethyl adjacent to an activating group) is 1. The van der Waals surface area contributed by atoms with Gasteiger partial charge in [0.2, 0.25) is 0 Å². The number of amidine groups is 1. The van der Waals surface area contributed by atoms with Crippen LogP contribution in [0, 0.1) is 17.0 Å². The second-order valence-corrected chi connectivity index (χ2v) is 8.69. The lowest BCUT2D eigenvalue weighted by Gasteiger charge is -2.07. The van der Waals surface area contributed by atoms with Crippen molar-refractivity contribution >= 4 is 56.2 Å². The molecule has 0 atom stereocenters. The Balaban J connectivity index is 1.58. The molecule has 0 aliphatic carbocycles. The molecule has 31 heavy (non-hydrogen) atoms. The SMILES string of the molecule is Cc1ccc(N=C2S/C(=C/c3ccc(-c4ccc([N+](=O)[O-])cc4Br)o3)C(=O)N2C)cc1. The van der Waals surface area contributed by atoms with Crippen molar-refractivity contribution in [1.29, 1.82) is 0 Å². The van der Waals surface area contributed by atoms with Crippen LogP contribution in [0.2, 0.25) is 0 Å². The van der Waals surface area contributed by atoms with Crippen LogP contribution in [0.25, 0.3) is 17.4 Å². The molecule has 0 saturated carbocycles. The number of halogens is 1. The summed E-state index contributed by atoms with van der Waals surface area (Å²) in [6.07, 6.45) is 1.67. The summed E-state index contributed by atoms with van der Waals surface area (Å²) in [5.41, 5.74) is 2.58. The summed E-state index contributed by atoms with van der Waals surface area (Å²) in [6, 6.07) is 15.7. The Bertz CT molecular complexity index is 1250. The zero-order valence-electron chi connectivity index (χ0n) is 16.5. The average molecular weight is 498 g/mol. The molecule has 1 amide bonds. The number of amides is 1. The maximum atomic E-state index is 12.6. The molecule has 4 rings (SSSR count). The zero-order valence-corrected chi connectivity index (χ0v) is 18.9. The first kappa shape index (κ1) is 21.1. The molecular weight excluding hydrogens is 482 g/mol. The van der Waals surface area contributed by atoms with Crippen LogP contribution >= 0.6 is 27.7 Å². The summed E-state index contributed by atoms with van der Waals surface area (Å²) < 4.78 is 6.41. The number of nitro groups is 1. The number of rotatable bonds is 4. The van der Waals surface area contributed by atoms with Gasteiger partial charge in [0.05, 0.1) is 15.5 Å². The van der Waals surface area contributed by atoms with Crippen LogP contribution in [0.15, 0.2) is 73.4 Å². The van der Waals surface area contributed by atoms with Gasteiger partial charge in [-0.05, 0) is 64.9 Å². The fraction of sp³-hybridized carbons (Fsp3) is 0.0909. The van der Waals surface area contributed by atoms with Crippen LogP contribution in [0.4, 0.5) is 11.4 Å². The molecule has 7 nitrogen and oxygen atoms in total. The van der Waals surface area contributed by atoms with Crippen molar-refractivity contribution in [2.45, 2.75) is 6.92 Å². The van der Waals surface area contributed by atoms with Gasteiger partial charge in [-0.15, -0.1) is 0 Å². The van der Waals surface area contributed by atoms with E-state index in [4.69, 9.17) is 4.42 Å². The van der Waals surface area contributed by atoms with Crippen LogP contribution in [-0.2, 0) is 4.79 Å². The van der Waals surface area contributed by atoms with Crippen molar-refractivity contribution in [2.75, 3.05) is 7.05 Å². The summed E-state index contributed by atoms with van der Waals surface area (Å²) in [5.74, 6) is 0.873. The standard InChI is InChI=1S/C22H16BrN3O4S/c1-13-3-5-14(6-4-13)24-22-25(2)21(27)20(31-22)12-16-8-10-19(30-16)17-9-7-15(26(28)29)11-18(17)23/h3-12H,1-2H3/b20-12+,24-22?. The van der Waals surface area contributed by atoms with Crippen LogP contribution in [0.1, 0.15) is 11.3 Å². The highest BCUT2D eigenvalue weighted by molar-refractivity contribution is 9.10. The summed E-state index contributed by atoms with van der Waals surface area (Å²) in [6.45, 7) is 2.00. The lowest BCUT2D eigenvalue weighted by molar-refractivity contribution is -0.384. The molecule has 1 saturated heterocycles. The fourth-order valence-corrected chi connectivity index (χ4v) is 4.43. The Morgan fingerprint density at radius 3 is 2.58 bits per heavy atom. The molecule has 0 spiro atoms. The van der Waals surface area contributed by atoms with Gasteiger partial charge in [0.1, 0.15) is 11.5 Å². The van der Waals surface area contributed by atoms with Gasteiger partial charge in [0.15, 0.2) is 5.17 Å². The van der Waals surface area contributed by atoms with Crippen molar-refractivity contribution < 1.29 is 14.1 Å². The largest absolute Gasteiger partial charge is 0.457 e. The number of hydrogen-bond acceptors (Lipinski definition) is 6. The number of nitro benzene ring substituents is 1. The number of hydrogen-bond donors (Lipinski definition) is 0. The van der Waals surface area contributed by atoms with E-state index in [1.165, 1.54) is 28.8 Å². The minimum atomic E-state index is -0.457. The van der Waals surface area contributed by atoms with Gasteiger partial charge >= 0.3 is 0 Å². The molecule has 2 aromatic carbocycles.